The minimum atomic E-state index is -0.703. The Balaban J connectivity index is 0.00000280. The monoisotopic (exact) mass is 522 g/mol. The van der Waals surface area contributed by atoms with Gasteiger partial charge in [0, 0.05) is 41.4 Å². The van der Waals surface area contributed by atoms with E-state index in [1.54, 1.807) is 6.26 Å². The van der Waals surface area contributed by atoms with Gasteiger partial charge in [-0.2, -0.15) is 0 Å². The zero-order chi connectivity index (χ0) is 19.1. The zero-order valence-corrected chi connectivity index (χ0v) is 20.2. The van der Waals surface area contributed by atoms with Gasteiger partial charge in [0.2, 0.25) is 0 Å². The van der Waals surface area contributed by atoms with Crippen molar-refractivity contribution in [2.75, 3.05) is 32.4 Å². The van der Waals surface area contributed by atoms with Crippen LogP contribution in [0, 0.1) is 0 Å². The second kappa shape index (κ2) is 12.2. The highest BCUT2D eigenvalue weighted by atomic mass is 127. The fourth-order valence-corrected chi connectivity index (χ4v) is 5.62. The molecule has 2 N–H and O–H groups in total. The molecule has 0 spiro atoms. The van der Waals surface area contributed by atoms with Crippen molar-refractivity contribution in [3.8, 4) is 0 Å². The van der Waals surface area contributed by atoms with Crippen LogP contribution in [0.25, 0.3) is 0 Å². The van der Waals surface area contributed by atoms with Gasteiger partial charge < -0.3 is 15.1 Å². The van der Waals surface area contributed by atoms with E-state index in [4.69, 9.17) is 4.42 Å². The molecule has 1 saturated heterocycles. The average Bonchev–Trinajstić information content (AvgIpc) is 3.41. The summed E-state index contributed by atoms with van der Waals surface area (Å²) >= 11 is 0. The molecule has 1 aromatic heterocycles. The van der Waals surface area contributed by atoms with Crippen LogP contribution in [-0.4, -0.2) is 58.8 Å². The molecule has 4 atom stereocenters. The van der Waals surface area contributed by atoms with Crippen molar-refractivity contribution in [2.45, 2.75) is 62.8 Å². The van der Waals surface area contributed by atoms with Gasteiger partial charge >= 0.3 is 0 Å². The number of furan rings is 1. The molecule has 1 aliphatic carbocycles. The van der Waals surface area contributed by atoms with E-state index in [1.165, 1.54) is 12.8 Å². The summed E-state index contributed by atoms with van der Waals surface area (Å²) in [5.74, 6) is 2.60. The fraction of sp³-hybridized carbons (Fsp3) is 0.750. The summed E-state index contributed by atoms with van der Waals surface area (Å²) in [7, 11) is 1.11. The summed E-state index contributed by atoms with van der Waals surface area (Å²) in [4.78, 5) is 6.91. The van der Waals surface area contributed by atoms with Gasteiger partial charge in [-0.1, -0.05) is 13.3 Å². The Labute approximate surface area is 188 Å². The number of hydrogen-bond acceptors (Lipinski definition) is 4. The van der Waals surface area contributed by atoms with Gasteiger partial charge in [0.05, 0.1) is 12.3 Å². The van der Waals surface area contributed by atoms with E-state index in [0.29, 0.717) is 11.3 Å². The van der Waals surface area contributed by atoms with Crippen LogP contribution in [0.15, 0.2) is 27.8 Å². The highest BCUT2D eigenvalue weighted by molar-refractivity contribution is 14.0. The third kappa shape index (κ3) is 6.45. The van der Waals surface area contributed by atoms with E-state index in [0.717, 1.165) is 62.8 Å². The molecule has 8 heteroatoms. The minimum absolute atomic E-state index is 0. The predicted molar refractivity (Wildman–Crippen MR) is 127 cm³/mol. The molecule has 0 amide bonds. The molecule has 2 aliphatic rings. The van der Waals surface area contributed by atoms with Crippen molar-refractivity contribution in [3.05, 3.63) is 24.2 Å². The van der Waals surface area contributed by atoms with Crippen LogP contribution in [-0.2, 0) is 10.8 Å². The number of nitrogens with zero attached hydrogens (tertiary/aromatic N) is 2. The van der Waals surface area contributed by atoms with Crippen molar-refractivity contribution in [1.82, 2.24) is 15.5 Å². The number of aliphatic imine (C=N–C) groups is 1. The average molecular weight is 522 g/mol. The second-order valence-corrected chi connectivity index (χ2v) is 9.53. The molecule has 28 heavy (non-hydrogen) atoms. The fourth-order valence-electron chi connectivity index (χ4n) is 4.28. The molecule has 0 radical (unpaired) electrons. The molecule has 1 aliphatic heterocycles. The third-order valence-electron chi connectivity index (χ3n) is 5.76. The Morgan fingerprint density at radius 1 is 1.36 bits per heavy atom. The molecule has 1 aromatic rings. The molecule has 3 rings (SSSR count). The quantitative estimate of drug-likeness (QED) is 0.327. The lowest BCUT2D eigenvalue weighted by Crippen LogP contribution is -2.48. The number of likely N-dealkylation sites (tertiary alicyclic amines) is 1. The number of hydrogen-bond donors (Lipinski definition) is 2. The van der Waals surface area contributed by atoms with Crippen LogP contribution >= 0.6 is 24.0 Å². The maximum atomic E-state index is 12.2. The Morgan fingerprint density at radius 2 is 2.14 bits per heavy atom. The van der Waals surface area contributed by atoms with Crippen LogP contribution < -0.4 is 10.6 Å². The Kier molecular flexibility index (Phi) is 10.3. The maximum absolute atomic E-state index is 12.2. The van der Waals surface area contributed by atoms with E-state index in [9.17, 15) is 4.21 Å². The van der Waals surface area contributed by atoms with Crippen molar-refractivity contribution >= 4 is 40.7 Å². The molecule has 2 fully saturated rings. The number of halogens is 1. The van der Waals surface area contributed by atoms with Crippen LogP contribution in [0.5, 0.6) is 0 Å². The molecule has 2 heterocycles. The first-order chi connectivity index (χ1) is 13.2. The lowest BCUT2D eigenvalue weighted by Gasteiger charge is -2.31. The van der Waals surface area contributed by atoms with Crippen LogP contribution in [0.2, 0.25) is 0 Å². The second-order valence-electron chi connectivity index (χ2n) is 7.53. The topological polar surface area (TPSA) is 69.9 Å². The lowest BCUT2D eigenvalue weighted by atomic mass is 9.95. The highest BCUT2D eigenvalue weighted by Gasteiger charge is 2.28. The summed E-state index contributed by atoms with van der Waals surface area (Å²) in [6.45, 7) is 5.02. The van der Waals surface area contributed by atoms with E-state index in [1.807, 2.05) is 20.0 Å². The van der Waals surface area contributed by atoms with Crippen LogP contribution in [0.4, 0.5) is 0 Å². The molecule has 0 aromatic carbocycles. The maximum Gasteiger partial charge on any atom is 0.191 e. The molecule has 0 bridgehead atoms. The van der Waals surface area contributed by atoms with E-state index >= 15 is 0 Å². The summed E-state index contributed by atoms with van der Waals surface area (Å²) in [5.41, 5.74) is 0. The first kappa shape index (κ1) is 23.7. The van der Waals surface area contributed by atoms with Gasteiger partial charge in [-0.3, -0.25) is 14.1 Å². The van der Waals surface area contributed by atoms with Crippen LogP contribution in [0.1, 0.15) is 57.3 Å². The Hall–Kier alpha value is -0.610. The first-order valence-corrected chi connectivity index (χ1v) is 11.7. The van der Waals surface area contributed by atoms with Crippen molar-refractivity contribution in [1.29, 1.82) is 0 Å². The van der Waals surface area contributed by atoms with Gasteiger partial charge in [0.1, 0.15) is 5.76 Å². The SMILES string of the molecule is CCS(=O)C1CCCC(NC(=NC)NCC(c2ccco2)N2CCCC2)C1.I. The van der Waals surface area contributed by atoms with Crippen molar-refractivity contribution in [3.63, 3.8) is 0 Å². The summed E-state index contributed by atoms with van der Waals surface area (Å²) in [6, 6.07) is 4.60. The van der Waals surface area contributed by atoms with Gasteiger partial charge in [-0.25, -0.2) is 0 Å². The van der Waals surface area contributed by atoms with Gasteiger partial charge in [-0.05, 0) is 57.3 Å². The van der Waals surface area contributed by atoms with E-state index < -0.39 is 10.8 Å². The number of nitrogens with one attached hydrogen (secondary N) is 2. The van der Waals surface area contributed by atoms with E-state index in [-0.39, 0.29) is 30.0 Å². The summed E-state index contributed by atoms with van der Waals surface area (Å²) in [5, 5.41) is 7.38. The van der Waals surface area contributed by atoms with Crippen molar-refractivity contribution in [2.24, 2.45) is 4.99 Å². The smallest absolute Gasteiger partial charge is 0.191 e. The molecule has 4 unspecified atom stereocenters. The normalized spacial score (nSPS) is 25.7. The summed E-state index contributed by atoms with van der Waals surface area (Å²) < 4.78 is 17.9. The third-order valence-corrected chi connectivity index (χ3v) is 7.50. The molecular formula is C20H35IN4O2S. The Morgan fingerprint density at radius 3 is 2.79 bits per heavy atom. The minimum Gasteiger partial charge on any atom is -0.468 e. The predicted octanol–water partition coefficient (Wildman–Crippen LogP) is 3.28. The first-order valence-electron chi connectivity index (χ1n) is 10.3. The lowest BCUT2D eigenvalue weighted by molar-refractivity contribution is 0.215. The number of guanidine groups is 1. The van der Waals surface area contributed by atoms with E-state index in [2.05, 4.69) is 26.6 Å². The highest BCUT2D eigenvalue weighted by Crippen LogP contribution is 2.25. The van der Waals surface area contributed by atoms with Gasteiger partial charge in [0.25, 0.3) is 0 Å². The van der Waals surface area contributed by atoms with Gasteiger partial charge in [-0.15, -0.1) is 24.0 Å². The molecular weight excluding hydrogens is 487 g/mol. The Bertz CT molecular complexity index is 620. The largest absolute Gasteiger partial charge is 0.468 e. The van der Waals surface area contributed by atoms with Gasteiger partial charge in [0.15, 0.2) is 5.96 Å². The number of rotatable bonds is 7. The zero-order valence-electron chi connectivity index (χ0n) is 17.1. The molecule has 1 saturated carbocycles. The molecule has 6 nitrogen and oxygen atoms in total. The standard InChI is InChI=1S/C20H34N4O2S.HI/c1-3-27(25)17-9-6-8-16(14-17)23-20(21-2)22-15-18(19-10-7-13-26-19)24-11-4-5-12-24;/h7,10,13,16-18H,3-6,8-9,11-12,14-15H2,1-2H3,(H2,21,22,23);1H. The van der Waals surface area contributed by atoms with Crippen LogP contribution in [0.3, 0.4) is 0 Å². The molecule has 160 valence electrons. The summed E-state index contributed by atoms with van der Waals surface area (Å²) in [6.07, 6.45) is 8.56. The van der Waals surface area contributed by atoms with Crippen molar-refractivity contribution < 1.29 is 8.63 Å².